The van der Waals surface area contributed by atoms with Crippen LogP contribution in [0.3, 0.4) is 0 Å². The Balaban J connectivity index is 0.835. The second-order valence-electron chi connectivity index (χ2n) is 21.2. The van der Waals surface area contributed by atoms with Crippen LogP contribution in [0.4, 0.5) is 0 Å². The summed E-state index contributed by atoms with van der Waals surface area (Å²) in [5, 5.41) is 1.92. The van der Waals surface area contributed by atoms with Crippen LogP contribution in [0.25, 0.3) is 0 Å². The maximum Gasteiger partial charge on any atom is 0.0652 e. The number of rotatable bonds is 6. The second kappa shape index (κ2) is 16.0. The molecule has 10 rings (SSSR count). The Bertz CT molecular complexity index is 1110. The average molecular weight is 718 g/mol. The monoisotopic (exact) mass is 718 g/mol. The van der Waals surface area contributed by atoms with Gasteiger partial charge in [0, 0.05) is 34.5 Å². The number of ether oxygens (including phenoxy) is 1. The molecule has 0 aromatic rings. The summed E-state index contributed by atoms with van der Waals surface area (Å²) in [7, 11) is 0. The van der Waals surface area contributed by atoms with Crippen molar-refractivity contribution in [2.45, 2.75) is 240 Å². The molecular formula is C48H79NOS. The van der Waals surface area contributed by atoms with Gasteiger partial charge in [-0.15, -0.1) is 0 Å². The molecule has 51 heavy (non-hydrogen) atoms. The van der Waals surface area contributed by atoms with Crippen molar-refractivity contribution in [3.63, 3.8) is 0 Å². The molecule has 2 aliphatic heterocycles. The molecule has 0 aromatic carbocycles. The molecule has 0 bridgehead atoms. The quantitative estimate of drug-likeness (QED) is 0.271. The van der Waals surface area contributed by atoms with Crippen molar-refractivity contribution in [2.75, 3.05) is 0 Å². The Labute approximate surface area is 319 Å². The van der Waals surface area contributed by atoms with Gasteiger partial charge in [0.1, 0.15) is 0 Å². The second-order valence-corrected chi connectivity index (χ2v) is 22.7. The largest absolute Gasteiger partial charge is 0.374 e. The van der Waals surface area contributed by atoms with Gasteiger partial charge in [-0.2, -0.15) is 11.8 Å². The molecular weight excluding hydrogens is 639 g/mol. The Hall–Kier alpha value is 0.270. The van der Waals surface area contributed by atoms with Crippen LogP contribution in [-0.4, -0.2) is 45.7 Å². The summed E-state index contributed by atoms with van der Waals surface area (Å²) < 4.78 is 7.58. The molecule has 0 radical (unpaired) electrons. The predicted molar refractivity (Wildman–Crippen MR) is 215 cm³/mol. The van der Waals surface area contributed by atoms with Gasteiger partial charge in [-0.1, -0.05) is 96.3 Å². The van der Waals surface area contributed by atoms with E-state index in [4.69, 9.17) is 4.74 Å². The summed E-state index contributed by atoms with van der Waals surface area (Å²) in [6.45, 7) is 0. The van der Waals surface area contributed by atoms with Gasteiger partial charge in [0.15, 0.2) is 0 Å². The van der Waals surface area contributed by atoms with Crippen LogP contribution in [0.1, 0.15) is 199 Å². The topological polar surface area (TPSA) is 12.5 Å². The fourth-order valence-electron chi connectivity index (χ4n) is 16.8. The minimum atomic E-state index is 0.627. The third kappa shape index (κ3) is 7.01. The Morgan fingerprint density at radius 1 is 0.333 bits per heavy atom. The molecule has 0 aromatic heterocycles. The first-order chi connectivity index (χ1) is 25.3. The molecule has 11 unspecified atom stereocenters. The SMILES string of the molecule is C1CCC(C2CCC(N(C3CCC(C4CCCC5C6CCC7SC8CCCCC8C7C6OC45)CC3)C3CCCCC3C3CCCCC3)CC2)CC1. The first kappa shape index (κ1) is 35.7. The Kier molecular flexibility index (Phi) is 11.2. The van der Waals surface area contributed by atoms with E-state index >= 15 is 0 Å². The summed E-state index contributed by atoms with van der Waals surface area (Å²) in [5.41, 5.74) is 0. The number of fused-ring (bicyclic) bond motifs is 7. The number of thioether (sulfide) groups is 1. The van der Waals surface area contributed by atoms with Crippen molar-refractivity contribution in [3.8, 4) is 0 Å². The summed E-state index contributed by atoms with van der Waals surface area (Å²) in [6, 6.07) is 2.71. The van der Waals surface area contributed by atoms with Crippen LogP contribution in [0, 0.1) is 59.2 Å². The van der Waals surface area contributed by atoms with Crippen LogP contribution < -0.4 is 0 Å². The normalized spacial score (nSPS) is 49.9. The van der Waals surface area contributed by atoms with Gasteiger partial charge in [-0.05, 0) is 156 Å². The molecule has 0 N–H and O–H groups in total. The standard InChI is InChI=1S/C48H79NOS/c1-3-12-32(13-4-1)33-22-26-36(27-23-33)49(43-20-9-7-16-38(43)34-14-5-2-6-15-34)37-28-24-35(25-29-37)39-18-11-19-40-41-30-31-45-46(48(41)50-47(39)40)42-17-8-10-21-44(42)51-45/h32-48H,1-31H2. The van der Waals surface area contributed by atoms with E-state index in [-0.39, 0.29) is 0 Å². The van der Waals surface area contributed by atoms with Crippen LogP contribution in [-0.2, 0) is 4.74 Å². The van der Waals surface area contributed by atoms with Crippen LogP contribution >= 0.6 is 11.8 Å². The van der Waals surface area contributed by atoms with E-state index in [9.17, 15) is 0 Å². The summed E-state index contributed by atoms with van der Waals surface area (Å²) >= 11 is 2.45. The minimum absolute atomic E-state index is 0.627. The van der Waals surface area contributed by atoms with Crippen molar-refractivity contribution >= 4 is 11.8 Å². The van der Waals surface area contributed by atoms with E-state index in [1.54, 1.807) is 57.8 Å². The highest BCUT2D eigenvalue weighted by Gasteiger charge is 2.60. The van der Waals surface area contributed by atoms with E-state index in [1.165, 1.54) is 141 Å². The minimum Gasteiger partial charge on any atom is -0.374 e. The smallest absolute Gasteiger partial charge is 0.0652 e. The molecule has 0 spiro atoms. The molecule has 288 valence electrons. The van der Waals surface area contributed by atoms with Crippen LogP contribution in [0.5, 0.6) is 0 Å². The Morgan fingerprint density at radius 3 is 1.61 bits per heavy atom. The highest BCUT2D eigenvalue weighted by molar-refractivity contribution is 8.00. The lowest BCUT2D eigenvalue weighted by molar-refractivity contribution is -0.0798. The van der Waals surface area contributed by atoms with Crippen molar-refractivity contribution < 1.29 is 4.74 Å². The molecule has 0 amide bonds. The molecule has 2 nitrogen and oxygen atoms in total. The molecule has 3 heteroatoms. The van der Waals surface area contributed by atoms with Gasteiger partial charge >= 0.3 is 0 Å². The predicted octanol–water partition coefficient (Wildman–Crippen LogP) is 13.0. The maximum absolute atomic E-state index is 7.58. The van der Waals surface area contributed by atoms with Crippen molar-refractivity contribution in [3.05, 3.63) is 0 Å². The third-order valence-corrected chi connectivity index (χ3v) is 20.9. The molecule has 8 saturated carbocycles. The van der Waals surface area contributed by atoms with E-state index in [1.807, 2.05) is 0 Å². The van der Waals surface area contributed by atoms with Crippen molar-refractivity contribution in [2.24, 2.45) is 59.2 Å². The summed E-state index contributed by atoms with van der Waals surface area (Å²) in [6.07, 6.45) is 48.7. The zero-order chi connectivity index (χ0) is 33.7. The molecule has 2 heterocycles. The molecule has 10 fully saturated rings. The molecule has 11 atom stereocenters. The van der Waals surface area contributed by atoms with Crippen molar-refractivity contribution in [1.82, 2.24) is 4.90 Å². The first-order valence-corrected chi connectivity index (χ1v) is 25.3. The zero-order valence-corrected chi connectivity index (χ0v) is 33.8. The lowest BCUT2D eigenvalue weighted by Crippen LogP contribution is -2.56. The zero-order valence-electron chi connectivity index (χ0n) is 33.0. The van der Waals surface area contributed by atoms with Gasteiger partial charge in [-0.3, -0.25) is 4.90 Å². The molecule has 10 aliphatic rings. The van der Waals surface area contributed by atoms with E-state index in [2.05, 4.69) is 16.7 Å². The maximum atomic E-state index is 7.58. The average Bonchev–Trinajstić information content (AvgIpc) is 3.78. The molecule has 2 saturated heterocycles. The van der Waals surface area contributed by atoms with Crippen molar-refractivity contribution in [1.29, 1.82) is 0 Å². The number of hydrogen-bond donors (Lipinski definition) is 0. The summed E-state index contributed by atoms with van der Waals surface area (Å²) in [5.74, 6) is 9.78. The lowest BCUT2D eigenvalue weighted by atomic mass is 9.62. The van der Waals surface area contributed by atoms with Gasteiger partial charge in [0.2, 0.25) is 0 Å². The van der Waals surface area contributed by atoms with Gasteiger partial charge in [0.25, 0.3) is 0 Å². The Morgan fingerprint density at radius 2 is 0.863 bits per heavy atom. The van der Waals surface area contributed by atoms with Crippen LogP contribution in [0.15, 0.2) is 0 Å². The fourth-order valence-corrected chi connectivity index (χ4v) is 18.9. The fraction of sp³-hybridized carbons (Fsp3) is 1.00. The van der Waals surface area contributed by atoms with Crippen LogP contribution in [0.2, 0.25) is 0 Å². The van der Waals surface area contributed by atoms with E-state index in [0.29, 0.717) is 12.2 Å². The summed E-state index contributed by atoms with van der Waals surface area (Å²) in [4.78, 5) is 3.40. The van der Waals surface area contributed by atoms with Gasteiger partial charge in [0.05, 0.1) is 12.2 Å². The van der Waals surface area contributed by atoms with E-state index < -0.39 is 0 Å². The third-order valence-electron chi connectivity index (χ3n) is 19.1. The van der Waals surface area contributed by atoms with Gasteiger partial charge < -0.3 is 4.74 Å². The number of hydrogen-bond acceptors (Lipinski definition) is 3. The van der Waals surface area contributed by atoms with Gasteiger partial charge in [-0.25, -0.2) is 0 Å². The number of nitrogens with zero attached hydrogens (tertiary/aromatic N) is 1. The highest BCUT2D eigenvalue weighted by atomic mass is 32.2. The highest BCUT2D eigenvalue weighted by Crippen LogP contribution is 2.62. The molecule has 8 aliphatic carbocycles. The first-order valence-electron chi connectivity index (χ1n) is 24.4. The van der Waals surface area contributed by atoms with E-state index in [0.717, 1.165) is 87.8 Å². The lowest BCUT2D eigenvalue weighted by Gasteiger charge is -2.54.